The van der Waals surface area contributed by atoms with E-state index in [4.69, 9.17) is 32.4 Å². The molecule has 0 spiro atoms. The van der Waals surface area contributed by atoms with E-state index in [0.717, 1.165) is 43.1 Å². The fourth-order valence-electron chi connectivity index (χ4n) is 4.31. The maximum atomic E-state index is 6.83. The minimum atomic E-state index is -1.83. The molecule has 0 aromatic carbocycles. The van der Waals surface area contributed by atoms with Crippen molar-refractivity contribution in [3.63, 3.8) is 0 Å². The summed E-state index contributed by atoms with van der Waals surface area (Å²) >= 11 is 13.0. The van der Waals surface area contributed by atoms with Crippen LogP contribution in [0.4, 0.5) is 0 Å². The largest absolute Gasteiger partial charge is 0.409 e. The van der Waals surface area contributed by atoms with Gasteiger partial charge in [-0.3, -0.25) is 4.98 Å². The maximum absolute atomic E-state index is 6.83. The summed E-state index contributed by atoms with van der Waals surface area (Å²) in [4.78, 5) is 4.11. The van der Waals surface area contributed by atoms with Crippen molar-refractivity contribution in [3.8, 4) is 0 Å². The molecule has 0 radical (unpaired) electrons. The lowest BCUT2D eigenvalue weighted by atomic mass is 9.84. The maximum Gasteiger partial charge on any atom is 0.192 e. The molecule has 1 N–H and O–H groups in total. The SMILES string of the molecule is CC[Si](CC)(CC)OC(CNCC1(OC)CCCCC1)c1c(Cl)cncc1Cl. The third-order valence-electron chi connectivity index (χ3n) is 6.51. The second-order valence-corrected chi connectivity index (χ2v) is 13.5. The summed E-state index contributed by atoms with van der Waals surface area (Å²) in [6.07, 6.45) is 9.12. The molecule has 1 aliphatic rings. The van der Waals surface area contributed by atoms with Gasteiger partial charge in [0.05, 0.1) is 21.8 Å². The number of methoxy groups -OCH3 is 1. The standard InChI is InChI=1S/C21H36Cl2N2O2Si/c1-5-28(6-2,7-3)27-19(20-17(22)13-24-14-18(20)23)15-25-16-21(26-4)11-9-8-10-12-21/h13-14,19,25H,5-12,15-16H2,1-4H3. The summed E-state index contributed by atoms with van der Waals surface area (Å²) < 4.78 is 12.7. The van der Waals surface area contributed by atoms with Crippen molar-refractivity contribution in [2.75, 3.05) is 20.2 Å². The summed E-state index contributed by atoms with van der Waals surface area (Å²) in [5.74, 6) is 0. The number of aromatic nitrogens is 1. The predicted octanol–water partition coefficient (Wildman–Crippen LogP) is 6.39. The molecule has 28 heavy (non-hydrogen) atoms. The van der Waals surface area contributed by atoms with Gasteiger partial charge in [0.2, 0.25) is 0 Å². The normalized spacial score (nSPS) is 18.2. The van der Waals surface area contributed by atoms with Gasteiger partial charge in [-0.15, -0.1) is 0 Å². The zero-order valence-corrected chi connectivity index (χ0v) is 20.3. The van der Waals surface area contributed by atoms with Crippen LogP contribution in [0.25, 0.3) is 0 Å². The van der Waals surface area contributed by atoms with Crippen LogP contribution >= 0.6 is 23.2 Å². The Labute approximate surface area is 181 Å². The number of halogens is 2. The smallest absolute Gasteiger partial charge is 0.192 e. The Bertz CT molecular complexity index is 580. The van der Waals surface area contributed by atoms with E-state index in [-0.39, 0.29) is 11.7 Å². The lowest BCUT2D eigenvalue weighted by molar-refractivity contribution is -0.0387. The Hall–Kier alpha value is -0.173. The number of hydrogen-bond donors (Lipinski definition) is 1. The molecule has 1 aromatic rings. The van der Waals surface area contributed by atoms with Gasteiger partial charge in [-0.1, -0.05) is 63.2 Å². The van der Waals surface area contributed by atoms with Gasteiger partial charge in [-0.25, -0.2) is 0 Å². The lowest BCUT2D eigenvalue weighted by Crippen LogP contribution is -2.46. The zero-order chi connectivity index (χ0) is 20.6. The number of pyridine rings is 1. The topological polar surface area (TPSA) is 43.4 Å². The van der Waals surface area contributed by atoms with Crippen molar-refractivity contribution in [3.05, 3.63) is 28.0 Å². The van der Waals surface area contributed by atoms with Gasteiger partial charge in [-0.2, -0.15) is 0 Å². The fraction of sp³-hybridized carbons (Fsp3) is 0.762. The van der Waals surface area contributed by atoms with Crippen LogP contribution in [0, 0.1) is 0 Å². The van der Waals surface area contributed by atoms with E-state index in [1.165, 1.54) is 19.3 Å². The van der Waals surface area contributed by atoms with Gasteiger partial charge in [0.25, 0.3) is 0 Å². The minimum Gasteiger partial charge on any atom is -0.409 e. The van der Waals surface area contributed by atoms with Crippen molar-refractivity contribution < 1.29 is 9.16 Å². The third kappa shape index (κ3) is 5.93. The van der Waals surface area contributed by atoms with Gasteiger partial charge in [0.15, 0.2) is 8.32 Å². The van der Waals surface area contributed by atoms with Crippen LogP contribution in [0.15, 0.2) is 12.4 Å². The highest BCUT2D eigenvalue weighted by Gasteiger charge is 2.35. The molecule has 1 aliphatic carbocycles. The molecule has 1 aromatic heterocycles. The number of nitrogens with one attached hydrogen (secondary N) is 1. The highest BCUT2D eigenvalue weighted by Crippen LogP contribution is 2.36. The Morgan fingerprint density at radius 3 is 2.14 bits per heavy atom. The minimum absolute atomic E-state index is 0.0661. The second kappa shape index (κ2) is 11.3. The van der Waals surface area contributed by atoms with Gasteiger partial charge >= 0.3 is 0 Å². The molecule has 1 atom stereocenters. The van der Waals surface area contributed by atoms with Gasteiger partial charge < -0.3 is 14.5 Å². The number of hydrogen-bond acceptors (Lipinski definition) is 4. The molecule has 0 amide bonds. The van der Waals surface area contributed by atoms with E-state index >= 15 is 0 Å². The Balaban J connectivity index is 2.18. The van der Waals surface area contributed by atoms with E-state index in [1.54, 1.807) is 12.4 Å². The molecule has 7 heteroatoms. The molecule has 0 bridgehead atoms. The van der Waals surface area contributed by atoms with Crippen LogP contribution in [0.1, 0.15) is 64.5 Å². The van der Waals surface area contributed by atoms with Gasteiger partial charge in [0.1, 0.15) is 0 Å². The van der Waals surface area contributed by atoms with Crippen LogP contribution in [0.5, 0.6) is 0 Å². The first kappa shape index (κ1) is 24.1. The van der Waals surface area contributed by atoms with Gasteiger partial charge in [-0.05, 0) is 31.0 Å². The third-order valence-corrected chi connectivity index (χ3v) is 11.8. The highest BCUT2D eigenvalue weighted by molar-refractivity contribution is 6.73. The van der Waals surface area contributed by atoms with Crippen molar-refractivity contribution in [1.82, 2.24) is 10.3 Å². The van der Waals surface area contributed by atoms with Crippen LogP contribution in [-0.2, 0) is 9.16 Å². The van der Waals surface area contributed by atoms with Crippen molar-refractivity contribution in [1.29, 1.82) is 0 Å². The molecule has 2 rings (SSSR count). The van der Waals surface area contributed by atoms with E-state index in [9.17, 15) is 0 Å². The first-order chi connectivity index (χ1) is 13.4. The van der Waals surface area contributed by atoms with Crippen LogP contribution < -0.4 is 5.32 Å². The number of rotatable bonds is 11. The molecule has 1 saturated carbocycles. The zero-order valence-electron chi connectivity index (χ0n) is 17.8. The first-order valence-corrected chi connectivity index (χ1v) is 14.0. The van der Waals surface area contributed by atoms with Crippen LogP contribution in [0.2, 0.25) is 28.2 Å². The number of nitrogens with zero attached hydrogens (tertiary/aromatic N) is 1. The number of ether oxygens (including phenoxy) is 1. The summed E-state index contributed by atoms with van der Waals surface area (Å²) in [6.45, 7) is 8.20. The molecular weight excluding hydrogens is 411 g/mol. The van der Waals surface area contributed by atoms with E-state index in [0.29, 0.717) is 16.6 Å². The van der Waals surface area contributed by atoms with E-state index in [1.807, 2.05) is 7.11 Å². The predicted molar refractivity (Wildman–Crippen MR) is 121 cm³/mol. The van der Waals surface area contributed by atoms with Crippen molar-refractivity contribution >= 4 is 31.5 Å². The average Bonchev–Trinajstić information content (AvgIpc) is 2.72. The first-order valence-electron chi connectivity index (χ1n) is 10.7. The summed E-state index contributed by atoms with van der Waals surface area (Å²) in [5, 5.41) is 4.78. The second-order valence-electron chi connectivity index (χ2n) is 7.95. The lowest BCUT2D eigenvalue weighted by Gasteiger charge is -2.38. The molecule has 0 aliphatic heterocycles. The Morgan fingerprint density at radius 2 is 1.64 bits per heavy atom. The fourth-order valence-corrected chi connectivity index (χ4v) is 7.73. The summed E-state index contributed by atoms with van der Waals surface area (Å²) in [6, 6.07) is 3.25. The molecule has 0 saturated heterocycles. The van der Waals surface area contributed by atoms with Crippen LogP contribution in [0.3, 0.4) is 0 Å². The quantitative estimate of drug-likeness (QED) is 0.399. The monoisotopic (exact) mass is 446 g/mol. The molecule has 1 fully saturated rings. The van der Waals surface area contributed by atoms with Crippen molar-refractivity contribution in [2.45, 2.75) is 82.7 Å². The Kier molecular flexibility index (Phi) is 9.71. The highest BCUT2D eigenvalue weighted by atomic mass is 35.5. The Morgan fingerprint density at radius 1 is 1.07 bits per heavy atom. The van der Waals surface area contributed by atoms with Gasteiger partial charge in [0, 0.05) is 38.2 Å². The van der Waals surface area contributed by atoms with E-state index in [2.05, 4.69) is 31.1 Å². The summed E-state index contributed by atoms with van der Waals surface area (Å²) in [7, 11) is -0.000482. The van der Waals surface area contributed by atoms with Crippen LogP contribution in [-0.4, -0.2) is 39.1 Å². The molecule has 4 nitrogen and oxygen atoms in total. The molecule has 1 heterocycles. The van der Waals surface area contributed by atoms with E-state index < -0.39 is 8.32 Å². The van der Waals surface area contributed by atoms with Crippen molar-refractivity contribution in [2.24, 2.45) is 0 Å². The average molecular weight is 448 g/mol. The molecule has 1 unspecified atom stereocenters. The summed E-state index contributed by atoms with van der Waals surface area (Å²) in [5.41, 5.74) is 0.789. The molecule has 160 valence electrons. The molecular formula is C21H36Cl2N2O2Si.